The van der Waals surface area contributed by atoms with Crippen molar-refractivity contribution >= 4 is 5.91 Å². The maximum Gasteiger partial charge on any atom is 0.267 e. The Bertz CT molecular complexity index is 1230. The lowest BCUT2D eigenvalue weighted by atomic mass is 9.88. The van der Waals surface area contributed by atoms with Gasteiger partial charge in [0.1, 0.15) is 12.3 Å². The quantitative estimate of drug-likeness (QED) is 0.411. The number of carbonyl (C=O) groups excluding carboxylic acids is 1. The molecular weight excluding hydrogens is 426 g/mol. The summed E-state index contributed by atoms with van der Waals surface area (Å²) in [6, 6.07) is 31.0. The highest BCUT2D eigenvalue weighted by molar-refractivity contribution is 5.75. The van der Waals surface area contributed by atoms with Crippen molar-refractivity contribution in [2.24, 2.45) is 0 Å². The Balaban J connectivity index is 1.41. The Kier molecular flexibility index (Phi) is 7.50. The number of amides is 1. The molecule has 0 unspecified atom stereocenters. The first-order chi connectivity index (χ1) is 16.6. The third kappa shape index (κ3) is 5.78. The van der Waals surface area contributed by atoms with E-state index in [9.17, 15) is 9.59 Å². The highest BCUT2D eigenvalue weighted by atomic mass is 16.5. The molecule has 0 aliphatic rings. The largest absolute Gasteiger partial charge is 0.497 e. The molecule has 1 heterocycles. The fraction of sp³-hybridized carbons (Fsp3) is 0.179. The first-order valence-corrected chi connectivity index (χ1v) is 11.2. The van der Waals surface area contributed by atoms with E-state index in [1.807, 2.05) is 60.7 Å². The Morgan fingerprint density at radius 3 is 2.09 bits per heavy atom. The summed E-state index contributed by atoms with van der Waals surface area (Å²) in [5.41, 5.74) is 3.53. The van der Waals surface area contributed by atoms with Gasteiger partial charge in [0.15, 0.2) is 0 Å². The molecule has 0 saturated carbocycles. The minimum atomic E-state index is -0.321. The van der Waals surface area contributed by atoms with Crippen molar-refractivity contribution in [2.45, 2.75) is 18.9 Å². The first-order valence-electron chi connectivity index (χ1n) is 11.2. The average molecular weight is 454 g/mol. The maximum atomic E-state index is 12.6. The number of benzene rings is 3. The van der Waals surface area contributed by atoms with E-state index in [1.54, 1.807) is 13.2 Å². The number of hydrogen-bond donors (Lipinski definition) is 1. The van der Waals surface area contributed by atoms with Gasteiger partial charge in [-0.2, -0.15) is 5.10 Å². The highest BCUT2D eigenvalue weighted by Crippen LogP contribution is 2.27. The standard InChI is InChI=1S/C28H27N3O3/c1-34-24-14-12-23(13-15-24)26-16-17-28(33)31(30-26)20-27(32)29-19-18-25(21-8-4-2-5-9-21)22-10-6-3-7-11-22/h2-17,25H,18-20H2,1H3,(H,29,32). The number of methoxy groups -OCH3 is 1. The van der Waals surface area contributed by atoms with E-state index in [2.05, 4.69) is 34.7 Å². The van der Waals surface area contributed by atoms with Crippen LogP contribution >= 0.6 is 0 Å². The molecule has 0 bridgehead atoms. The highest BCUT2D eigenvalue weighted by Gasteiger charge is 2.15. The third-order valence-electron chi connectivity index (χ3n) is 5.70. The predicted octanol–water partition coefficient (Wildman–Crippen LogP) is 4.26. The summed E-state index contributed by atoms with van der Waals surface area (Å²) in [5.74, 6) is 0.657. The number of nitrogens with one attached hydrogen (secondary N) is 1. The summed E-state index contributed by atoms with van der Waals surface area (Å²) in [6.45, 7) is 0.352. The number of nitrogens with zero attached hydrogens (tertiary/aromatic N) is 2. The molecule has 6 nitrogen and oxygen atoms in total. The van der Waals surface area contributed by atoms with Gasteiger partial charge >= 0.3 is 0 Å². The Hall–Kier alpha value is -4.19. The number of rotatable bonds is 9. The molecule has 1 aromatic heterocycles. The smallest absolute Gasteiger partial charge is 0.267 e. The van der Waals surface area contributed by atoms with Gasteiger partial charge in [0, 0.05) is 24.1 Å². The molecule has 0 fully saturated rings. The van der Waals surface area contributed by atoms with E-state index in [0.717, 1.165) is 17.7 Å². The normalized spacial score (nSPS) is 10.8. The maximum absolute atomic E-state index is 12.6. The number of aromatic nitrogens is 2. The topological polar surface area (TPSA) is 73.2 Å². The van der Waals surface area contributed by atoms with Crippen LogP contribution in [-0.2, 0) is 11.3 Å². The summed E-state index contributed by atoms with van der Waals surface area (Å²) in [6.07, 6.45) is 0.744. The fourth-order valence-electron chi connectivity index (χ4n) is 3.92. The van der Waals surface area contributed by atoms with Gasteiger partial charge < -0.3 is 10.1 Å². The fourth-order valence-corrected chi connectivity index (χ4v) is 3.92. The monoisotopic (exact) mass is 453 g/mol. The lowest BCUT2D eigenvalue weighted by Gasteiger charge is -2.18. The number of ether oxygens (including phenoxy) is 1. The molecule has 6 heteroatoms. The van der Waals surface area contributed by atoms with E-state index in [-0.39, 0.29) is 23.9 Å². The van der Waals surface area contributed by atoms with Gasteiger partial charge in [-0.05, 0) is 47.9 Å². The van der Waals surface area contributed by atoms with Crippen LogP contribution in [0.5, 0.6) is 5.75 Å². The van der Waals surface area contributed by atoms with E-state index in [1.165, 1.54) is 21.9 Å². The zero-order valence-electron chi connectivity index (χ0n) is 19.1. The van der Waals surface area contributed by atoms with Crippen LogP contribution in [0.1, 0.15) is 23.5 Å². The molecule has 0 spiro atoms. The lowest BCUT2D eigenvalue weighted by Crippen LogP contribution is -2.34. The van der Waals surface area contributed by atoms with Gasteiger partial charge in [0.2, 0.25) is 5.91 Å². The van der Waals surface area contributed by atoms with Crippen LogP contribution < -0.4 is 15.6 Å². The number of hydrogen-bond acceptors (Lipinski definition) is 4. The Morgan fingerprint density at radius 2 is 1.50 bits per heavy atom. The summed E-state index contributed by atoms with van der Waals surface area (Å²) >= 11 is 0. The Labute approximate surface area is 198 Å². The zero-order chi connectivity index (χ0) is 23.8. The van der Waals surface area contributed by atoms with E-state index in [4.69, 9.17) is 4.74 Å². The van der Waals surface area contributed by atoms with Crippen molar-refractivity contribution < 1.29 is 9.53 Å². The minimum Gasteiger partial charge on any atom is -0.497 e. The summed E-state index contributed by atoms with van der Waals surface area (Å²) in [7, 11) is 1.61. The zero-order valence-corrected chi connectivity index (χ0v) is 19.1. The first kappa shape index (κ1) is 23.0. The molecule has 0 aliphatic carbocycles. The van der Waals surface area contributed by atoms with Crippen molar-refractivity contribution in [3.63, 3.8) is 0 Å². The van der Waals surface area contributed by atoms with E-state index < -0.39 is 0 Å². The molecule has 3 aromatic carbocycles. The molecule has 1 amide bonds. The van der Waals surface area contributed by atoms with E-state index in [0.29, 0.717) is 12.2 Å². The van der Waals surface area contributed by atoms with Crippen LogP contribution in [0, 0.1) is 0 Å². The van der Waals surface area contributed by atoms with Crippen LogP contribution in [0.25, 0.3) is 11.3 Å². The van der Waals surface area contributed by atoms with Gasteiger partial charge in [0.05, 0.1) is 12.8 Å². The third-order valence-corrected chi connectivity index (χ3v) is 5.70. The van der Waals surface area contributed by atoms with Gasteiger partial charge in [-0.25, -0.2) is 4.68 Å². The molecule has 0 radical (unpaired) electrons. The molecular formula is C28H27N3O3. The molecule has 0 atom stereocenters. The van der Waals surface area contributed by atoms with Gasteiger partial charge in [-0.3, -0.25) is 9.59 Å². The van der Waals surface area contributed by atoms with Crippen LogP contribution in [0.4, 0.5) is 0 Å². The molecule has 172 valence electrons. The molecule has 0 saturated heterocycles. The van der Waals surface area contributed by atoms with Gasteiger partial charge in [-0.1, -0.05) is 60.7 Å². The lowest BCUT2D eigenvalue weighted by molar-refractivity contribution is -0.121. The summed E-state index contributed by atoms with van der Waals surface area (Å²) < 4.78 is 6.38. The molecule has 1 N–H and O–H groups in total. The van der Waals surface area contributed by atoms with Crippen molar-refractivity contribution in [3.05, 3.63) is 119 Å². The van der Waals surface area contributed by atoms with Crippen LogP contribution in [-0.4, -0.2) is 29.3 Å². The second kappa shape index (κ2) is 11.1. The molecule has 0 aliphatic heterocycles. The SMILES string of the molecule is COc1ccc(-c2ccc(=O)n(CC(=O)NCCC(c3ccccc3)c3ccccc3)n2)cc1. The molecule has 4 aromatic rings. The van der Waals surface area contributed by atoms with Gasteiger partial charge in [-0.15, -0.1) is 0 Å². The van der Waals surface area contributed by atoms with Crippen LogP contribution in [0.2, 0.25) is 0 Å². The van der Waals surface area contributed by atoms with Crippen molar-refractivity contribution in [1.29, 1.82) is 0 Å². The molecule has 4 rings (SSSR count). The summed E-state index contributed by atoms with van der Waals surface area (Å²) in [5, 5.41) is 7.33. The predicted molar refractivity (Wildman–Crippen MR) is 133 cm³/mol. The van der Waals surface area contributed by atoms with E-state index >= 15 is 0 Å². The van der Waals surface area contributed by atoms with Gasteiger partial charge in [0.25, 0.3) is 5.56 Å². The molecule has 34 heavy (non-hydrogen) atoms. The number of carbonyl (C=O) groups is 1. The Morgan fingerprint density at radius 1 is 0.882 bits per heavy atom. The van der Waals surface area contributed by atoms with Crippen molar-refractivity contribution in [1.82, 2.24) is 15.1 Å². The summed E-state index contributed by atoms with van der Waals surface area (Å²) in [4.78, 5) is 24.9. The van der Waals surface area contributed by atoms with Crippen LogP contribution in [0.3, 0.4) is 0 Å². The second-order valence-corrected chi connectivity index (χ2v) is 7.96. The minimum absolute atomic E-state index is 0.135. The van der Waals surface area contributed by atoms with Crippen molar-refractivity contribution in [2.75, 3.05) is 13.7 Å². The van der Waals surface area contributed by atoms with Crippen molar-refractivity contribution in [3.8, 4) is 17.0 Å². The second-order valence-electron chi connectivity index (χ2n) is 7.96. The van der Waals surface area contributed by atoms with Crippen LogP contribution in [0.15, 0.2) is 102 Å². The average Bonchev–Trinajstić information content (AvgIpc) is 2.89.